The average molecular weight is 230 g/mol. The van der Waals surface area contributed by atoms with Gasteiger partial charge in [-0.15, -0.1) is 6.58 Å². The minimum Gasteiger partial charge on any atom is -0.391 e. The lowest BCUT2D eigenvalue weighted by Crippen LogP contribution is -2.49. The fraction of sp³-hybridized carbons (Fsp3) is 0.833. The summed E-state index contributed by atoms with van der Waals surface area (Å²) in [5, 5.41) is 0.0408. The van der Waals surface area contributed by atoms with E-state index in [1.807, 2.05) is 5.70 Å². The van der Waals surface area contributed by atoms with Crippen molar-refractivity contribution in [3.05, 3.63) is 12.3 Å². The van der Waals surface area contributed by atoms with E-state index in [4.69, 9.17) is 8.85 Å². The summed E-state index contributed by atoms with van der Waals surface area (Å²) in [6.07, 6.45) is 2.04. The van der Waals surface area contributed by atoms with E-state index in [0.717, 1.165) is 26.1 Å². The molecule has 0 aromatic heterocycles. The Labute approximate surface area is 95.9 Å². The number of hydrogen-bond donors (Lipinski definition) is 0. The van der Waals surface area contributed by atoms with E-state index in [1.54, 1.807) is 0 Å². The SMILES string of the molecule is C=C[Si](OCCC)(OCCC)C(C)(C)C. The third-order valence-corrected chi connectivity index (χ3v) is 6.25. The van der Waals surface area contributed by atoms with Crippen molar-refractivity contribution in [1.82, 2.24) is 0 Å². The molecule has 0 N–H and O–H groups in total. The summed E-state index contributed by atoms with van der Waals surface area (Å²) in [5.74, 6) is 0. The van der Waals surface area contributed by atoms with Gasteiger partial charge in [0.15, 0.2) is 0 Å². The van der Waals surface area contributed by atoms with Crippen LogP contribution < -0.4 is 0 Å². The highest BCUT2D eigenvalue weighted by atomic mass is 28.4. The van der Waals surface area contributed by atoms with E-state index < -0.39 is 8.56 Å². The normalized spacial score (nSPS) is 12.9. The molecule has 0 fully saturated rings. The van der Waals surface area contributed by atoms with Crippen LogP contribution in [0.25, 0.3) is 0 Å². The minimum atomic E-state index is -2.25. The third kappa shape index (κ3) is 4.09. The summed E-state index contributed by atoms with van der Waals surface area (Å²) in [5.41, 5.74) is 1.93. The molecule has 0 saturated carbocycles. The molecule has 0 rings (SSSR count). The zero-order valence-electron chi connectivity index (χ0n) is 10.9. The molecule has 0 aromatic carbocycles. The molecule has 0 bridgehead atoms. The lowest BCUT2D eigenvalue weighted by Gasteiger charge is -2.38. The maximum absolute atomic E-state index is 5.99. The Kier molecular flexibility index (Phi) is 6.40. The van der Waals surface area contributed by atoms with Gasteiger partial charge in [0.25, 0.3) is 0 Å². The smallest absolute Gasteiger partial charge is 0.370 e. The Balaban J connectivity index is 4.68. The predicted octanol–water partition coefficient (Wildman–Crippen LogP) is 3.81. The second-order valence-electron chi connectivity index (χ2n) is 4.82. The first-order chi connectivity index (χ1) is 6.93. The maximum atomic E-state index is 5.99. The van der Waals surface area contributed by atoms with Crippen molar-refractivity contribution < 1.29 is 8.85 Å². The van der Waals surface area contributed by atoms with E-state index in [0.29, 0.717) is 0 Å². The van der Waals surface area contributed by atoms with Gasteiger partial charge < -0.3 is 8.85 Å². The first-order valence-electron chi connectivity index (χ1n) is 5.85. The quantitative estimate of drug-likeness (QED) is 0.619. The van der Waals surface area contributed by atoms with E-state index >= 15 is 0 Å². The average Bonchev–Trinajstić information content (AvgIpc) is 2.17. The van der Waals surface area contributed by atoms with Gasteiger partial charge in [-0.2, -0.15) is 0 Å². The Bertz CT molecular complexity index is 177. The van der Waals surface area contributed by atoms with Crippen LogP contribution in [-0.4, -0.2) is 21.8 Å². The van der Waals surface area contributed by atoms with Crippen LogP contribution in [0.1, 0.15) is 47.5 Å². The molecule has 0 spiro atoms. The fourth-order valence-electron chi connectivity index (χ4n) is 1.41. The number of hydrogen-bond acceptors (Lipinski definition) is 2. The van der Waals surface area contributed by atoms with Crippen molar-refractivity contribution in [1.29, 1.82) is 0 Å². The molecule has 0 amide bonds. The first-order valence-corrected chi connectivity index (χ1v) is 7.74. The van der Waals surface area contributed by atoms with Gasteiger partial charge in [-0.05, 0) is 18.5 Å². The molecule has 0 atom stereocenters. The molecule has 3 heteroatoms. The van der Waals surface area contributed by atoms with E-state index in [1.165, 1.54) is 0 Å². The molecule has 0 aliphatic rings. The van der Waals surface area contributed by atoms with Crippen LogP contribution in [0, 0.1) is 0 Å². The first kappa shape index (κ1) is 14.9. The lowest BCUT2D eigenvalue weighted by molar-refractivity contribution is 0.158. The van der Waals surface area contributed by atoms with Gasteiger partial charge in [-0.1, -0.05) is 34.6 Å². The summed E-state index contributed by atoms with van der Waals surface area (Å²) < 4.78 is 12.0. The summed E-state index contributed by atoms with van der Waals surface area (Å²) in [4.78, 5) is 0. The highest BCUT2D eigenvalue weighted by Crippen LogP contribution is 2.38. The van der Waals surface area contributed by atoms with Crippen LogP contribution in [0.15, 0.2) is 12.3 Å². The molecular formula is C12H26O2Si. The topological polar surface area (TPSA) is 18.5 Å². The molecule has 0 unspecified atom stereocenters. The molecule has 0 radical (unpaired) electrons. The second-order valence-corrected chi connectivity index (χ2v) is 8.64. The molecule has 0 aromatic rings. The lowest BCUT2D eigenvalue weighted by atomic mass is 10.2. The maximum Gasteiger partial charge on any atom is 0.370 e. The van der Waals surface area contributed by atoms with Crippen molar-refractivity contribution >= 4 is 8.56 Å². The Morgan fingerprint density at radius 3 is 1.67 bits per heavy atom. The molecule has 0 aliphatic heterocycles. The summed E-state index contributed by atoms with van der Waals surface area (Å²) in [6.45, 7) is 16.2. The van der Waals surface area contributed by atoms with Gasteiger partial charge in [0.1, 0.15) is 0 Å². The summed E-state index contributed by atoms with van der Waals surface area (Å²) in [6, 6.07) is 0. The van der Waals surface area contributed by atoms with Crippen LogP contribution in [0.3, 0.4) is 0 Å². The largest absolute Gasteiger partial charge is 0.391 e. The monoisotopic (exact) mass is 230 g/mol. The van der Waals surface area contributed by atoms with Crippen molar-refractivity contribution in [3.8, 4) is 0 Å². The zero-order valence-corrected chi connectivity index (χ0v) is 11.9. The molecule has 0 aliphatic carbocycles. The van der Waals surface area contributed by atoms with Crippen molar-refractivity contribution in [2.45, 2.75) is 52.5 Å². The van der Waals surface area contributed by atoms with Gasteiger partial charge >= 0.3 is 8.56 Å². The second kappa shape index (κ2) is 6.46. The van der Waals surface area contributed by atoms with E-state index in [9.17, 15) is 0 Å². The molecular weight excluding hydrogens is 204 g/mol. The van der Waals surface area contributed by atoms with E-state index in [-0.39, 0.29) is 5.04 Å². The van der Waals surface area contributed by atoms with Crippen LogP contribution in [0.4, 0.5) is 0 Å². The molecule has 15 heavy (non-hydrogen) atoms. The van der Waals surface area contributed by atoms with E-state index in [2.05, 4.69) is 41.2 Å². The highest BCUT2D eigenvalue weighted by Gasteiger charge is 2.46. The van der Waals surface area contributed by atoms with Crippen LogP contribution in [0.5, 0.6) is 0 Å². The van der Waals surface area contributed by atoms with Gasteiger partial charge in [-0.3, -0.25) is 0 Å². The molecule has 0 heterocycles. The molecule has 2 nitrogen and oxygen atoms in total. The van der Waals surface area contributed by atoms with Gasteiger partial charge in [0.05, 0.1) is 0 Å². The standard InChI is InChI=1S/C12H26O2Si/c1-7-10-13-15(9-3,12(4,5)6)14-11-8-2/h9H,3,7-8,10-11H2,1-2,4-6H3. The number of rotatable bonds is 7. The van der Waals surface area contributed by atoms with Gasteiger partial charge in [-0.25, -0.2) is 0 Å². The molecule has 90 valence electrons. The summed E-state index contributed by atoms with van der Waals surface area (Å²) in [7, 11) is -2.25. The Morgan fingerprint density at radius 2 is 1.47 bits per heavy atom. The predicted molar refractivity (Wildman–Crippen MR) is 68.2 cm³/mol. The Morgan fingerprint density at radius 1 is 1.07 bits per heavy atom. The minimum absolute atomic E-state index is 0.0408. The van der Waals surface area contributed by atoms with Crippen LogP contribution in [-0.2, 0) is 8.85 Å². The van der Waals surface area contributed by atoms with Crippen molar-refractivity contribution in [2.75, 3.05) is 13.2 Å². The highest BCUT2D eigenvalue weighted by molar-refractivity contribution is 6.75. The van der Waals surface area contributed by atoms with Crippen molar-refractivity contribution in [2.24, 2.45) is 0 Å². The van der Waals surface area contributed by atoms with Gasteiger partial charge in [0.2, 0.25) is 0 Å². The van der Waals surface area contributed by atoms with Crippen LogP contribution >= 0.6 is 0 Å². The van der Waals surface area contributed by atoms with Crippen molar-refractivity contribution in [3.63, 3.8) is 0 Å². The fourth-order valence-corrected chi connectivity index (χ4v) is 4.22. The molecule has 0 saturated heterocycles. The van der Waals surface area contributed by atoms with Crippen LogP contribution in [0.2, 0.25) is 5.04 Å². The Hall–Kier alpha value is -0.123. The third-order valence-electron chi connectivity index (χ3n) is 2.36. The zero-order chi connectivity index (χ0) is 11.9. The van der Waals surface area contributed by atoms with Gasteiger partial charge in [0, 0.05) is 18.3 Å². The summed E-state index contributed by atoms with van der Waals surface area (Å²) >= 11 is 0.